The van der Waals surface area contributed by atoms with Crippen LogP contribution in [-0.2, 0) is 22.9 Å². The van der Waals surface area contributed by atoms with Gasteiger partial charge in [0, 0.05) is 6.07 Å². The summed E-state index contributed by atoms with van der Waals surface area (Å²) < 4.78 is 44.6. The lowest BCUT2D eigenvalue weighted by Crippen LogP contribution is -2.56. The van der Waals surface area contributed by atoms with E-state index in [9.17, 15) is 23.4 Å². The molecule has 0 spiro atoms. The molecule has 0 saturated heterocycles. The first-order valence-corrected chi connectivity index (χ1v) is 15.1. The fourth-order valence-corrected chi connectivity index (χ4v) is 6.67. The maximum Gasteiger partial charge on any atom is 0.421 e. The highest BCUT2D eigenvalue weighted by atomic mass is 32.2. The smallest absolute Gasteiger partial charge is 0.421 e. The van der Waals surface area contributed by atoms with E-state index >= 15 is 0 Å². The van der Waals surface area contributed by atoms with E-state index in [1.54, 1.807) is 24.3 Å². The average Bonchev–Trinajstić information content (AvgIpc) is 2.99. The van der Waals surface area contributed by atoms with Gasteiger partial charge in [0.25, 0.3) is 0 Å². The molecule has 220 valence electrons. The maximum absolute atomic E-state index is 13.9. The number of ether oxygens (including phenoxy) is 3. The van der Waals surface area contributed by atoms with Crippen molar-refractivity contribution in [3.8, 4) is 17.2 Å². The normalized spacial score (nSPS) is 15.0. The zero-order valence-electron chi connectivity index (χ0n) is 22.9. The molecule has 0 saturated carbocycles. The summed E-state index contributed by atoms with van der Waals surface area (Å²) in [7, 11) is -4.12. The van der Waals surface area contributed by atoms with Gasteiger partial charge < -0.3 is 24.4 Å². The van der Waals surface area contributed by atoms with E-state index < -0.39 is 33.3 Å². The second-order valence-corrected chi connectivity index (χ2v) is 12.1. The summed E-state index contributed by atoms with van der Waals surface area (Å²) in [5.74, 6) is 7.26. The number of sulfone groups is 1. The number of aliphatic hydroxyl groups excluding tert-OH is 1. The maximum atomic E-state index is 13.9. The number of fused-ring (bicyclic) bond motifs is 1. The van der Waals surface area contributed by atoms with E-state index in [-0.39, 0.29) is 24.3 Å². The summed E-state index contributed by atoms with van der Waals surface area (Å²) in [6.45, 7) is 2.94. The Labute approximate surface area is 240 Å². The lowest BCUT2D eigenvalue weighted by molar-refractivity contribution is 0.0436. The van der Waals surface area contributed by atoms with E-state index in [0.29, 0.717) is 53.9 Å². The Morgan fingerprint density at radius 3 is 2.34 bits per heavy atom. The molecule has 0 bridgehead atoms. The number of benzene rings is 3. The van der Waals surface area contributed by atoms with Crippen LogP contribution in [0.2, 0.25) is 0 Å². The molecule has 0 fully saturated rings. The van der Waals surface area contributed by atoms with Crippen LogP contribution in [0.4, 0.5) is 4.79 Å². The van der Waals surface area contributed by atoms with Crippen molar-refractivity contribution in [1.29, 1.82) is 0 Å². The second-order valence-electron chi connectivity index (χ2n) is 9.90. The van der Waals surface area contributed by atoms with Crippen molar-refractivity contribution < 1.29 is 37.6 Å². The minimum absolute atomic E-state index is 0.0117. The highest BCUT2D eigenvalue weighted by Gasteiger charge is 2.41. The van der Waals surface area contributed by atoms with Gasteiger partial charge in [0.2, 0.25) is 0 Å². The first-order chi connectivity index (χ1) is 19.7. The van der Waals surface area contributed by atoms with Gasteiger partial charge in [0.05, 0.1) is 22.3 Å². The van der Waals surface area contributed by atoms with Gasteiger partial charge in [0.1, 0.15) is 25.6 Å². The molecular formula is C30H36N2O8S. The Morgan fingerprint density at radius 2 is 1.68 bits per heavy atom. The number of nitrogens with zero attached hydrogens (tertiary/aromatic N) is 1. The van der Waals surface area contributed by atoms with Crippen molar-refractivity contribution in [2.45, 2.75) is 61.5 Å². The summed E-state index contributed by atoms with van der Waals surface area (Å²) in [5.41, 5.74) is 1.67. The summed E-state index contributed by atoms with van der Waals surface area (Å²) in [4.78, 5) is 11.9. The summed E-state index contributed by atoms with van der Waals surface area (Å²) >= 11 is 0. The van der Waals surface area contributed by atoms with Crippen LogP contribution in [0.25, 0.3) is 0 Å². The summed E-state index contributed by atoms with van der Waals surface area (Å²) in [5, 5.41) is 20.4. The van der Waals surface area contributed by atoms with Crippen LogP contribution < -0.4 is 20.1 Å². The van der Waals surface area contributed by atoms with Gasteiger partial charge in [-0.25, -0.2) is 24.1 Å². The van der Waals surface area contributed by atoms with Crippen molar-refractivity contribution >= 4 is 15.9 Å². The number of carboxylic acid groups (broad SMARTS) is 1. The molecule has 4 rings (SSSR count). The van der Waals surface area contributed by atoms with Crippen molar-refractivity contribution in [2.75, 3.05) is 13.2 Å². The summed E-state index contributed by atoms with van der Waals surface area (Å²) in [6.07, 6.45) is -1.81. The van der Waals surface area contributed by atoms with Crippen LogP contribution in [0.5, 0.6) is 17.2 Å². The number of hydrogen-bond donors (Lipinski definition) is 3. The van der Waals surface area contributed by atoms with Gasteiger partial charge in [0.15, 0.2) is 21.3 Å². The van der Waals surface area contributed by atoms with Crippen LogP contribution in [0.1, 0.15) is 37.3 Å². The monoisotopic (exact) mass is 584 g/mol. The van der Waals surface area contributed by atoms with Crippen LogP contribution in [0.3, 0.4) is 0 Å². The molecule has 41 heavy (non-hydrogen) atoms. The molecule has 4 N–H and O–H groups in total. The molecule has 1 unspecified atom stereocenters. The van der Waals surface area contributed by atoms with Crippen molar-refractivity contribution in [1.82, 2.24) is 5.01 Å². The fraction of sp³-hybridized carbons (Fsp3) is 0.367. The fourth-order valence-electron chi connectivity index (χ4n) is 4.77. The Hall–Kier alpha value is -3.80. The Kier molecular flexibility index (Phi) is 10.1. The molecular weight excluding hydrogens is 548 g/mol. The van der Waals surface area contributed by atoms with Crippen LogP contribution >= 0.6 is 0 Å². The molecule has 11 heteroatoms. The minimum Gasteiger partial charge on any atom is -0.489 e. The van der Waals surface area contributed by atoms with Crippen molar-refractivity contribution in [3.63, 3.8) is 0 Å². The lowest BCUT2D eigenvalue weighted by Gasteiger charge is -2.34. The zero-order chi connectivity index (χ0) is 29.4. The minimum atomic E-state index is -4.12. The van der Waals surface area contributed by atoms with Gasteiger partial charge in [-0.05, 0) is 48.2 Å². The molecule has 1 aliphatic rings. The van der Waals surface area contributed by atoms with E-state index in [2.05, 4.69) is 0 Å². The number of nitrogens with two attached hydrogens (primary N) is 1. The van der Waals surface area contributed by atoms with E-state index in [0.717, 1.165) is 5.56 Å². The largest absolute Gasteiger partial charge is 0.489 e. The van der Waals surface area contributed by atoms with Gasteiger partial charge in [-0.1, -0.05) is 62.2 Å². The SMILES string of the molecule is CCCCC([C@H](O)[C@H](Cc1ccc(OCc2ccccc2)cc1)N(N)C(=O)O)S(=O)(=O)c1ccc2c(c1)OCCO2. The third kappa shape index (κ3) is 7.49. The molecule has 0 aromatic heterocycles. The molecule has 10 nitrogen and oxygen atoms in total. The molecule has 3 aromatic rings. The second kappa shape index (κ2) is 13.7. The zero-order valence-corrected chi connectivity index (χ0v) is 23.7. The Balaban J connectivity index is 1.57. The van der Waals surface area contributed by atoms with Crippen LogP contribution in [0.15, 0.2) is 77.7 Å². The van der Waals surface area contributed by atoms with Gasteiger partial charge in [-0.15, -0.1) is 0 Å². The van der Waals surface area contributed by atoms with E-state index in [1.807, 2.05) is 37.3 Å². The quantitative estimate of drug-likeness (QED) is 0.153. The third-order valence-corrected chi connectivity index (χ3v) is 9.28. The number of hydrogen-bond acceptors (Lipinski definition) is 8. The molecule has 0 aliphatic carbocycles. The molecule has 3 atom stereocenters. The number of rotatable bonds is 13. The van der Waals surface area contributed by atoms with Crippen LogP contribution in [0, 0.1) is 0 Å². The molecule has 1 aliphatic heterocycles. The van der Waals surface area contributed by atoms with Gasteiger partial charge in [-0.2, -0.15) is 0 Å². The van der Waals surface area contributed by atoms with Gasteiger partial charge in [-0.3, -0.25) is 0 Å². The number of aliphatic hydroxyl groups is 1. The number of amides is 1. The molecule has 1 amide bonds. The standard InChI is InChI=1S/C30H36N2O8S/c1-2-3-9-28(41(36,37)24-14-15-26-27(19-24)39-17-16-38-26)29(33)25(32(31)30(34)35)18-21-10-12-23(13-11-21)40-20-22-7-5-4-6-8-22/h4-8,10-15,19,25,28-29,33H,2-3,9,16-18,20,31H2,1H3,(H,34,35)/t25-,28?,29+/m0/s1. The first-order valence-electron chi connectivity index (χ1n) is 13.5. The van der Waals surface area contributed by atoms with Crippen LogP contribution in [-0.4, -0.2) is 60.3 Å². The van der Waals surface area contributed by atoms with E-state index in [4.69, 9.17) is 20.1 Å². The molecule has 3 aromatic carbocycles. The highest BCUT2D eigenvalue weighted by molar-refractivity contribution is 7.92. The Bertz CT molecular complexity index is 1400. The lowest BCUT2D eigenvalue weighted by atomic mass is 9.96. The predicted octanol–water partition coefficient (Wildman–Crippen LogP) is 4.20. The number of carbonyl (C=O) groups is 1. The molecule has 0 radical (unpaired) electrons. The predicted molar refractivity (Wildman–Crippen MR) is 153 cm³/mol. The third-order valence-electron chi connectivity index (χ3n) is 7.05. The van der Waals surface area contributed by atoms with Crippen molar-refractivity contribution in [2.24, 2.45) is 5.84 Å². The molecule has 1 heterocycles. The highest BCUT2D eigenvalue weighted by Crippen LogP contribution is 2.35. The van der Waals surface area contributed by atoms with Gasteiger partial charge >= 0.3 is 6.09 Å². The number of hydrazine groups is 1. The van der Waals surface area contributed by atoms with Crippen molar-refractivity contribution in [3.05, 3.63) is 83.9 Å². The Morgan fingerprint density at radius 1 is 1.00 bits per heavy atom. The first kappa shape index (κ1) is 30.2. The topological polar surface area (TPSA) is 149 Å². The average molecular weight is 585 g/mol. The number of unbranched alkanes of at least 4 members (excludes halogenated alkanes) is 1. The summed E-state index contributed by atoms with van der Waals surface area (Å²) in [6, 6.07) is 19.7. The van der Waals surface area contributed by atoms with E-state index in [1.165, 1.54) is 18.2 Å².